The van der Waals surface area contributed by atoms with Gasteiger partial charge in [-0.25, -0.2) is 9.97 Å². The number of hydrogen-bond acceptors (Lipinski definition) is 8. The molecular weight excluding hydrogens is 521 g/mol. The van der Waals surface area contributed by atoms with Crippen molar-refractivity contribution >= 4 is 40.2 Å². The van der Waals surface area contributed by atoms with E-state index in [0.717, 1.165) is 19.0 Å². The number of benzene rings is 1. The van der Waals surface area contributed by atoms with Crippen LogP contribution < -0.4 is 15.8 Å². The fourth-order valence-electron chi connectivity index (χ4n) is 4.61. The minimum absolute atomic E-state index is 0.192. The van der Waals surface area contributed by atoms with Crippen molar-refractivity contribution in [1.82, 2.24) is 29.4 Å². The number of aromatic nitrogens is 5. The number of pyridine rings is 1. The Bertz CT molecular complexity index is 1510. The number of halogens is 4. The fraction of sp³-hybridized carbons (Fsp3) is 0.280. The first-order chi connectivity index (χ1) is 18.2. The molecular formula is C25H24ClF3N8O. The summed E-state index contributed by atoms with van der Waals surface area (Å²) in [5.74, 6) is 0.670. The number of imidazole rings is 1. The molecule has 1 unspecified atom stereocenters. The van der Waals surface area contributed by atoms with Crippen molar-refractivity contribution in [1.29, 1.82) is 0 Å². The molecule has 0 radical (unpaired) electrons. The Morgan fingerprint density at radius 2 is 2.03 bits per heavy atom. The van der Waals surface area contributed by atoms with Crippen molar-refractivity contribution in [3.63, 3.8) is 0 Å². The van der Waals surface area contributed by atoms with Crippen LogP contribution >= 0.6 is 11.6 Å². The molecule has 0 amide bonds. The zero-order valence-electron chi connectivity index (χ0n) is 20.5. The van der Waals surface area contributed by atoms with Crippen LogP contribution in [0.5, 0.6) is 5.75 Å². The first-order valence-electron chi connectivity index (χ1n) is 11.7. The second kappa shape index (κ2) is 10.1. The number of likely N-dealkylation sites (tertiary alicyclic amines) is 1. The minimum Gasteiger partial charge on any atom is -0.450 e. The van der Waals surface area contributed by atoms with Gasteiger partial charge in [0.25, 0.3) is 0 Å². The second-order valence-corrected chi connectivity index (χ2v) is 9.27. The molecule has 0 saturated carbocycles. The summed E-state index contributed by atoms with van der Waals surface area (Å²) in [4.78, 5) is 18.8. The smallest absolute Gasteiger partial charge is 0.416 e. The van der Waals surface area contributed by atoms with Gasteiger partial charge in [0, 0.05) is 37.4 Å². The maximum absolute atomic E-state index is 14.0. The van der Waals surface area contributed by atoms with Gasteiger partial charge < -0.3 is 20.4 Å². The maximum Gasteiger partial charge on any atom is 0.416 e. The molecule has 0 spiro atoms. The molecule has 3 N–H and O–H groups in total. The molecule has 198 valence electrons. The van der Waals surface area contributed by atoms with Crippen molar-refractivity contribution < 1.29 is 17.9 Å². The number of fused-ring (bicyclic) bond motifs is 1. The number of alkyl halides is 3. The molecule has 38 heavy (non-hydrogen) atoms. The van der Waals surface area contributed by atoms with Gasteiger partial charge in [-0.05, 0) is 44.1 Å². The number of aryl methyl sites for hydroxylation is 1. The van der Waals surface area contributed by atoms with Gasteiger partial charge in [-0.3, -0.25) is 9.88 Å². The quantitative estimate of drug-likeness (QED) is 0.316. The van der Waals surface area contributed by atoms with E-state index in [0.29, 0.717) is 17.6 Å². The molecule has 1 aliphatic rings. The molecule has 13 heteroatoms. The molecule has 0 bridgehead atoms. The highest BCUT2D eigenvalue weighted by Crippen LogP contribution is 2.41. The number of nitrogens with zero attached hydrogens (tertiary/aromatic N) is 6. The monoisotopic (exact) mass is 544 g/mol. The number of nitrogens with two attached hydrogens (primary N) is 1. The van der Waals surface area contributed by atoms with Gasteiger partial charge in [-0.15, -0.1) is 0 Å². The average molecular weight is 545 g/mol. The van der Waals surface area contributed by atoms with Crippen molar-refractivity contribution in [3.8, 4) is 5.75 Å². The number of ether oxygens (including phenoxy) is 1. The van der Waals surface area contributed by atoms with E-state index >= 15 is 0 Å². The van der Waals surface area contributed by atoms with Crippen LogP contribution in [-0.4, -0.2) is 43.0 Å². The zero-order valence-corrected chi connectivity index (χ0v) is 21.3. The normalized spacial score (nSPS) is 16.8. The summed E-state index contributed by atoms with van der Waals surface area (Å²) in [5.41, 5.74) is 6.64. The molecule has 4 aromatic rings. The molecule has 1 fully saturated rings. The summed E-state index contributed by atoms with van der Waals surface area (Å²) in [6, 6.07) is 4.00. The second-order valence-electron chi connectivity index (χ2n) is 8.89. The van der Waals surface area contributed by atoms with Gasteiger partial charge in [-0.2, -0.15) is 18.2 Å². The van der Waals surface area contributed by atoms with Crippen molar-refractivity contribution in [2.24, 2.45) is 12.8 Å². The highest BCUT2D eigenvalue weighted by atomic mass is 35.5. The predicted molar refractivity (Wildman–Crippen MR) is 138 cm³/mol. The van der Waals surface area contributed by atoms with Crippen LogP contribution in [0.15, 0.2) is 49.2 Å². The van der Waals surface area contributed by atoms with E-state index in [-0.39, 0.29) is 45.4 Å². The highest BCUT2D eigenvalue weighted by Gasteiger charge is 2.37. The van der Waals surface area contributed by atoms with Crippen molar-refractivity contribution in [2.75, 3.05) is 18.9 Å². The summed E-state index contributed by atoms with van der Waals surface area (Å²) in [6.45, 7) is 0.766. The number of rotatable bonds is 6. The van der Waals surface area contributed by atoms with Gasteiger partial charge in [0.15, 0.2) is 17.2 Å². The van der Waals surface area contributed by atoms with Gasteiger partial charge in [0.05, 0.1) is 18.0 Å². The summed E-state index contributed by atoms with van der Waals surface area (Å²) >= 11 is 6.63. The van der Waals surface area contributed by atoms with Crippen molar-refractivity contribution in [3.05, 3.63) is 71.0 Å². The molecule has 1 atom stereocenters. The van der Waals surface area contributed by atoms with Gasteiger partial charge >= 0.3 is 6.18 Å². The highest BCUT2D eigenvalue weighted by molar-refractivity contribution is 6.36. The first-order valence-corrected chi connectivity index (χ1v) is 12.1. The van der Waals surface area contributed by atoms with Crippen LogP contribution in [0, 0.1) is 0 Å². The third-order valence-electron chi connectivity index (χ3n) is 6.49. The Morgan fingerprint density at radius 1 is 1.21 bits per heavy atom. The third-order valence-corrected chi connectivity index (χ3v) is 6.85. The first kappa shape index (κ1) is 25.7. The number of anilines is 2. The Balaban J connectivity index is 1.47. The topological polar surface area (TPSA) is 107 Å². The summed E-state index contributed by atoms with van der Waals surface area (Å²) < 4.78 is 49.5. The molecule has 9 nitrogen and oxygen atoms in total. The SMILES string of the molecule is CN1CCCC1c1ccc(Nc2nc3ncc(OC(=CN)c4cnccn4)c(Cl)c3n2C)cc1C(F)(F)F. The predicted octanol–water partition coefficient (Wildman–Crippen LogP) is 5.28. The van der Waals surface area contributed by atoms with Crippen LogP contribution in [0.1, 0.15) is 35.7 Å². The van der Waals surface area contributed by atoms with E-state index in [2.05, 4.69) is 25.3 Å². The van der Waals surface area contributed by atoms with Crippen LogP contribution in [-0.2, 0) is 13.2 Å². The molecule has 1 aromatic carbocycles. The maximum atomic E-state index is 14.0. The molecule has 1 saturated heterocycles. The number of hydrogen-bond donors (Lipinski definition) is 2. The van der Waals surface area contributed by atoms with Gasteiger partial charge in [-0.1, -0.05) is 17.7 Å². The Morgan fingerprint density at radius 3 is 2.68 bits per heavy atom. The molecule has 0 aliphatic carbocycles. The lowest BCUT2D eigenvalue weighted by Gasteiger charge is -2.24. The van der Waals surface area contributed by atoms with Crippen LogP contribution in [0.2, 0.25) is 5.02 Å². The Labute approximate surface area is 221 Å². The standard InChI is InChI=1S/C25H24ClF3N8O/c1-36-9-3-4-18(36)15-6-5-14(10-16(15)25(27,28)29)34-24-35-23-22(37(24)2)21(26)20(13-33-23)38-19(11-30)17-12-31-7-8-32-17/h5-8,10-13,18H,3-4,9,30H2,1-2H3,(H,33,34,35). The van der Waals surface area contributed by atoms with Gasteiger partial charge in [0.2, 0.25) is 5.95 Å². The molecule has 3 aromatic heterocycles. The lowest BCUT2D eigenvalue weighted by molar-refractivity contribution is -0.138. The lowest BCUT2D eigenvalue weighted by Crippen LogP contribution is -2.21. The van der Waals surface area contributed by atoms with Crippen LogP contribution in [0.4, 0.5) is 24.8 Å². The molecule has 1 aliphatic heterocycles. The van der Waals surface area contributed by atoms with E-state index in [4.69, 9.17) is 22.1 Å². The molecule has 5 rings (SSSR count). The Kier molecular flexibility index (Phi) is 6.84. The Hall–Kier alpha value is -3.90. The van der Waals surface area contributed by atoms with Crippen LogP contribution in [0.3, 0.4) is 0 Å². The van der Waals surface area contributed by atoms with E-state index in [1.165, 1.54) is 37.1 Å². The van der Waals surface area contributed by atoms with E-state index in [1.807, 2.05) is 11.9 Å². The average Bonchev–Trinajstić information content (AvgIpc) is 3.46. The van der Waals surface area contributed by atoms with E-state index < -0.39 is 11.7 Å². The van der Waals surface area contributed by atoms with E-state index in [1.54, 1.807) is 17.7 Å². The largest absolute Gasteiger partial charge is 0.450 e. The third kappa shape index (κ3) is 4.84. The van der Waals surface area contributed by atoms with Gasteiger partial charge in [0.1, 0.15) is 16.2 Å². The van der Waals surface area contributed by atoms with Crippen molar-refractivity contribution in [2.45, 2.75) is 25.1 Å². The summed E-state index contributed by atoms with van der Waals surface area (Å²) in [5, 5.41) is 3.17. The molecule has 4 heterocycles. The summed E-state index contributed by atoms with van der Waals surface area (Å²) in [7, 11) is 3.52. The summed E-state index contributed by atoms with van der Waals surface area (Å²) in [6.07, 6.45) is 4.14. The van der Waals surface area contributed by atoms with Crippen LogP contribution in [0.25, 0.3) is 16.9 Å². The minimum atomic E-state index is -4.50. The van der Waals surface area contributed by atoms with E-state index in [9.17, 15) is 13.2 Å². The lowest BCUT2D eigenvalue weighted by atomic mass is 9.97. The fourth-order valence-corrected chi connectivity index (χ4v) is 4.91. The zero-order chi connectivity index (χ0) is 27.0. The number of nitrogens with one attached hydrogen (secondary N) is 1.